The summed E-state index contributed by atoms with van der Waals surface area (Å²) in [7, 11) is 0. The lowest BCUT2D eigenvalue weighted by molar-refractivity contribution is 0.0935. The minimum Gasteiger partial charge on any atom is -0.489 e. The van der Waals surface area contributed by atoms with Crippen LogP contribution in [0.4, 0.5) is 0 Å². The van der Waals surface area contributed by atoms with E-state index in [1.807, 2.05) is 60.1 Å². The Hall–Kier alpha value is -3.03. The number of nitrogens with one attached hydrogen (secondary N) is 1. The van der Waals surface area contributed by atoms with Crippen LogP contribution in [0.1, 0.15) is 34.6 Å². The Morgan fingerprint density at radius 1 is 1.17 bits per heavy atom. The van der Waals surface area contributed by atoms with Gasteiger partial charge in [0.15, 0.2) is 0 Å². The molecule has 0 fully saturated rings. The van der Waals surface area contributed by atoms with E-state index in [4.69, 9.17) is 4.74 Å². The van der Waals surface area contributed by atoms with Crippen LogP contribution < -0.4 is 10.1 Å². The van der Waals surface area contributed by atoms with Gasteiger partial charge in [0.05, 0.1) is 6.04 Å². The number of amides is 1. The summed E-state index contributed by atoms with van der Waals surface area (Å²) >= 11 is 3.09. The summed E-state index contributed by atoms with van der Waals surface area (Å²) in [5, 5.41) is 9.70. The second-order valence-corrected chi connectivity index (χ2v) is 8.10. The van der Waals surface area contributed by atoms with E-state index in [2.05, 4.69) is 15.3 Å². The average molecular weight is 422 g/mol. The number of rotatable bonds is 7. The summed E-state index contributed by atoms with van der Waals surface area (Å²) in [6, 6.07) is 13.5. The molecule has 0 aliphatic heterocycles. The van der Waals surface area contributed by atoms with Crippen LogP contribution in [0, 0.1) is 0 Å². The van der Waals surface area contributed by atoms with E-state index in [0.717, 1.165) is 27.4 Å². The minimum atomic E-state index is -0.174. The molecular weight excluding hydrogens is 402 g/mol. The fourth-order valence-electron chi connectivity index (χ4n) is 2.75. The van der Waals surface area contributed by atoms with Gasteiger partial charge in [0, 0.05) is 34.3 Å². The number of aromatic nitrogens is 2. The third-order valence-corrected chi connectivity index (χ3v) is 5.94. The molecule has 0 radical (unpaired) electrons. The van der Waals surface area contributed by atoms with Gasteiger partial charge in [-0.15, -0.1) is 11.3 Å². The third kappa shape index (κ3) is 4.88. The Kier molecular flexibility index (Phi) is 5.97. The van der Waals surface area contributed by atoms with Gasteiger partial charge in [-0.1, -0.05) is 18.2 Å². The van der Waals surface area contributed by atoms with Crippen LogP contribution in [0.15, 0.2) is 71.0 Å². The van der Waals surface area contributed by atoms with Gasteiger partial charge in [-0.2, -0.15) is 11.3 Å². The van der Waals surface area contributed by atoms with Crippen molar-refractivity contribution >= 4 is 28.6 Å². The molecule has 1 amide bonds. The first-order chi connectivity index (χ1) is 14.2. The monoisotopic (exact) mass is 421 g/mol. The molecule has 3 aromatic heterocycles. The summed E-state index contributed by atoms with van der Waals surface area (Å²) in [4.78, 5) is 21.1. The first kappa shape index (κ1) is 19.3. The largest absolute Gasteiger partial charge is 0.489 e. The van der Waals surface area contributed by atoms with Crippen molar-refractivity contribution in [1.82, 2.24) is 15.3 Å². The van der Waals surface area contributed by atoms with Gasteiger partial charge in [0.1, 0.15) is 23.1 Å². The van der Waals surface area contributed by atoms with Crippen LogP contribution in [-0.4, -0.2) is 15.9 Å². The quantitative estimate of drug-likeness (QED) is 0.438. The Bertz CT molecular complexity index is 1060. The van der Waals surface area contributed by atoms with Gasteiger partial charge < -0.3 is 10.1 Å². The first-order valence-corrected chi connectivity index (χ1v) is 10.9. The molecule has 0 saturated heterocycles. The van der Waals surface area contributed by atoms with Crippen LogP contribution in [0.25, 0.3) is 10.6 Å². The highest BCUT2D eigenvalue weighted by molar-refractivity contribution is 7.14. The fraction of sp³-hybridized carbons (Fsp3) is 0.136. The Balaban J connectivity index is 1.34. The summed E-state index contributed by atoms with van der Waals surface area (Å²) in [5.41, 5.74) is 3.51. The van der Waals surface area contributed by atoms with Crippen molar-refractivity contribution in [2.45, 2.75) is 19.6 Å². The number of carbonyl (C=O) groups is 1. The van der Waals surface area contributed by atoms with Gasteiger partial charge in [0.2, 0.25) is 0 Å². The van der Waals surface area contributed by atoms with Crippen molar-refractivity contribution in [1.29, 1.82) is 0 Å². The van der Waals surface area contributed by atoms with Crippen molar-refractivity contribution in [3.05, 3.63) is 87.8 Å². The van der Waals surface area contributed by atoms with E-state index in [9.17, 15) is 4.79 Å². The first-order valence-electron chi connectivity index (χ1n) is 9.09. The highest BCUT2D eigenvalue weighted by atomic mass is 32.1. The van der Waals surface area contributed by atoms with Crippen LogP contribution in [0.5, 0.6) is 5.75 Å². The normalized spacial score (nSPS) is 11.8. The Morgan fingerprint density at radius 3 is 2.76 bits per heavy atom. The number of hydrogen-bond acceptors (Lipinski definition) is 6. The lowest BCUT2D eigenvalue weighted by atomic mass is 10.1. The highest BCUT2D eigenvalue weighted by Gasteiger charge is 2.15. The van der Waals surface area contributed by atoms with E-state index in [-0.39, 0.29) is 11.9 Å². The molecule has 1 aromatic carbocycles. The van der Waals surface area contributed by atoms with E-state index >= 15 is 0 Å². The number of ether oxygens (including phenoxy) is 1. The second-order valence-electron chi connectivity index (χ2n) is 6.46. The topological polar surface area (TPSA) is 64.1 Å². The minimum absolute atomic E-state index is 0.138. The molecule has 0 aliphatic rings. The maximum atomic E-state index is 12.5. The molecule has 1 N–H and O–H groups in total. The zero-order valence-electron chi connectivity index (χ0n) is 15.7. The van der Waals surface area contributed by atoms with E-state index in [1.165, 1.54) is 11.3 Å². The molecule has 0 bridgehead atoms. The van der Waals surface area contributed by atoms with Gasteiger partial charge >= 0.3 is 0 Å². The van der Waals surface area contributed by atoms with Crippen molar-refractivity contribution in [3.8, 4) is 16.3 Å². The van der Waals surface area contributed by atoms with Crippen LogP contribution in [-0.2, 0) is 6.61 Å². The molecule has 29 heavy (non-hydrogen) atoms. The highest BCUT2D eigenvalue weighted by Crippen LogP contribution is 2.26. The van der Waals surface area contributed by atoms with E-state index in [1.54, 1.807) is 29.1 Å². The molecule has 4 rings (SSSR count). The molecule has 5 nitrogen and oxygen atoms in total. The predicted molar refractivity (Wildman–Crippen MR) is 116 cm³/mol. The molecule has 146 valence electrons. The van der Waals surface area contributed by atoms with E-state index in [0.29, 0.717) is 12.3 Å². The van der Waals surface area contributed by atoms with Crippen molar-refractivity contribution in [2.24, 2.45) is 0 Å². The summed E-state index contributed by atoms with van der Waals surface area (Å²) in [6.07, 6.45) is 3.52. The number of carbonyl (C=O) groups excluding carboxylic acids is 1. The number of hydrogen-bond donors (Lipinski definition) is 1. The smallest absolute Gasteiger partial charge is 0.271 e. The van der Waals surface area contributed by atoms with Crippen molar-refractivity contribution < 1.29 is 9.53 Å². The van der Waals surface area contributed by atoms with Gasteiger partial charge in [0.25, 0.3) is 5.91 Å². The number of thiophene rings is 1. The standard InChI is InChI=1S/C22H19N3O2S2/c1-15(24-21(26)20-14-29-22(25-20)18-8-10-28-13-18)17-4-6-19(7-5-17)27-12-16-3-2-9-23-11-16/h2-11,13-15H,12H2,1H3,(H,24,26). The summed E-state index contributed by atoms with van der Waals surface area (Å²) in [5.74, 6) is 0.600. The number of nitrogens with zero attached hydrogens (tertiary/aromatic N) is 2. The predicted octanol–water partition coefficient (Wildman–Crippen LogP) is 5.34. The molecule has 0 spiro atoms. The van der Waals surface area contributed by atoms with Gasteiger partial charge in [-0.25, -0.2) is 4.98 Å². The van der Waals surface area contributed by atoms with Crippen molar-refractivity contribution in [3.63, 3.8) is 0 Å². The summed E-state index contributed by atoms with van der Waals surface area (Å²) < 4.78 is 5.78. The molecule has 7 heteroatoms. The molecule has 4 aromatic rings. The molecule has 0 saturated carbocycles. The molecular formula is C22H19N3O2S2. The third-order valence-electron chi connectivity index (χ3n) is 4.36. The lowest BCUT2D eigenvalue weighted by Crippen LogP contribution is -2.26. The number of pyridine rings is 1. The van der Waals surface area contributed by atoms with Gasteiger partial charge in [-0.3, -0.25) is 9.78 Å². The maximum absolute atomic E-state index is 12.5. The zero-order valence-corrected chi connectivity index (χ0v) is 17.4. The number of thiazole rings is 1. The van der Waals surface area contributed by atoms with Crippen LogP contribution >= 0.6 is 22.7 Å². The Labute approximate surface area is 177 Å². The van der Waals surface area contributed by atoms with Crippen LogP contribution in [0.3, 0.4) is 0 Å². The molecule has 3 heterocycles. The molecule has 1 atom stereocenters. The SMILES string of the molecule is CC(NC(=O)c1csc(-c2ccsc2)n1)c1ccc(OCc2cccnc2)cc1. The number of benzene rings is 1. The summed E-state index contributed by atoms with van der Waals surface area (Å²) in [6.45, 7) is 2.42. The molecule has 0 aliphatic carbocycles. The van der Waals surface area contributed by atoms with Crippen molar-refractivity contribution in [2.75, 3.05) is 0 Å². The van der Waals surface area contributed by atoms with E-state index < -0.39 is 0 Å². The fourth-order valence-corrected chi connectivity index (χ4v) is 4.27. The molecule has 1 unspecified atom stereocenters. The van der Waals surface area contributed by atoms with Crippen LogP contribution in [0.2, 0.25) is 0 Å². The average Bonchev–Trinajstić information content (AvgIpc) is 3.45. The lowest BCUT2D eigenvalue weighted by Gasteiger charge is -2.14. The Morgan fingerprint density at radius 2 is 2.03 bits per heavy atom. The zero-order chi connectivity index (χ0) is 20.1. The maximum Gasteiger partial charge on any atom is 0.271 e. The van der Waals surface area contributed by atoms with Gasteiger partial charge in [-0.05, 0) is 42.1 Å². The second kappa shape index (κ2) is 8.98.